The number of benzene rings is 3. The summed E-state index contributed by atoms with van der Waals surface area (Å²) in [6.07, 6.45) is -5.54. The molecular formula is C30H26F3N5O3. The highest BCUT2D eigenvalue weighted by Crippen LogP contribution is 2.38. The van der Waals surface area contributed by atoms with Crippen LogP contribution in [0.1, 0.15) is 29.2 Å². The zero-order valence-corrected chi connectivity index (χ0v) is 22.1. The third kappa shape index (κ3) is 5.58. The van der Waals surface area contributed by atoms with Crippen LogP contribution >= 0.6 is 0 Å². The van der Waals surface area contributed by atoms with Crippen molar-refractivity contribution >= 4 is 23.2 Å². The van der Waals surface area contributed by atoms with E-state index >= 15 is 0 Å². The number of rotatable bonds is 5. The number of hydrogen-bond donors (Lipinski definition) is 1. The number of Topliss-reactive ketones (excluding diaryl/α,β-unsaturated/α-hetero) is 1. The predicted molar refractivity (Wildman–Crippen MR) is 147 cm³/mol. The first-order valence-electron chi connectivity index (χ1n) is 13.2. The van der Waals surface area contributed by atoms with Crippen LogP contribution < -0.4 is 10.2 Å². The lowest BCUT2D eigenvalue weighted by Crippen LogP contribution is -2.41. The fourth-order valence-electron chi connectivity index (χ4n) is 5.09. The topological polar surface area (TPSA) is 92.9 Å². The number of carbonyl (C=O) groups is 1. The molecule has 0 aliphatic carbocycles. The Hall–Kier alpha value is -4.51. The summed E-state index contributed by atoms with van der Waals surface area (Å²) in [6.45, 7) is 3.05. The third-order valence-corrected chi connectivity index (χ3v) is 7.07. The van der Waals surface area contributed by atoms with Gasteiger partial charge < -0.3 is 19.4 Å². The molecule has 4 aromatic rings. The molecule has 0 amide bonds. The highest BCUT2D eigenvalue weighted by atomic mass is 19.4. The minimum Gasteiger partial charge on any atom is -0.403 e. The summed E-state index contributed by atoms with van der Waals surface area (Å²) in [4.78, 5) is 19.9. The number of carbonyl (C=O) groups excluding carboxylic acids is 1. The molecule has 0 saturated carbocycles. The Kier molecular flexibility index (Phi) is 7.04. The van der Waals surface area contributed by atoms with Crippen molar-refractivity contribution in [2.75, 3.05) is 29.9 Å². The van der Waals surface area contributed by atoms with Gasteiger partial charge in [-0.2, -0.15) is 13.2 Å². The SMILES string of the molecule is C[C@H]1CN(c2cc(C(F)(F)F)ccc2-c2nnc(N[C@H]3N=C(c4ccccc4)c4ccccc4CC3=O)o2)CCO1. The van der Waals surface area contributed by atoms with Crippen molar-refractivity contribution in [2.45, 2.75) is 31.8 Å². The number of fused-ring (bicyclic) bond motifs is 1. The molecule has 8 nitrogen and oxygen atoms in total. The fraction of sp³-hybridized carbons (Fsp3) is 0.267. The van der Waals surface area contributed by atoms with E-state index < -0.39 is 17.9 Å². The summed E-state index contributed by atoms with van der Waals surface area (Å²) >= 11 is 0. The predicted octanol–water partition coefficient (Wildman–Crippen LogP) is 5.38. The average molecular weight is 562 g/mol. The number of morpholine rings is 1. The smallest absolute Gasteiger partial charge is 0.403 e. The Bertz CT molecular complexity index is 1600. The lowest BCUT2D eigenvalue weighted by Gasteiger charge is -2.34. The zero-order chi connectivity index (χ0) is 28.6. The zero-order valence-electron chi connectivity index (χ0n) is 22.1. The molecule has 2 atom stereocenters. The van der Waals surface area contributed by atoms with E-state index in [4.69, 9.17) is 14.1 Å². The normalized spacial score (nSPS) is 19.4. The molecule has 2 aliphatic rings. The summed E-state index contributed by atoms with van der Waals surface area (Å²) in [5.41, 5.74) is 3.09. The molecule has 6 rings (SSSR count). The molecule has 11 heteroatoms. The average Bonchev–Trinajstić information content (AvgIpc) is 3.38. The van der Waals surface area contributed by atoms with Gasteiger partial charge in [0.15, 0.2) is 11.9 Å². The molecule has 3 aromatic carbocycles. The van der Waals surface area contributed by atoms with Gasteiger partial charge in [0.05, 0.1) is 35.2 Å². The fourth-order valence-corrected chi connectivity index (χ4v) is 5.09. The minimum atomic E-state index is -4.52. The number of aromatic nitrogens is 2. The molecule has 0 bridgehead atoms. The van der Waals surface area contributed by atoms with Crippen molar-refractivity contribution in [1.29, 1.82) is 0 Å². The largest absolute Gasteiger partial charge is 0.416 e. The number of halogens is 3. The number of nitrogens with zero attached hydrogens (tertiary/aromatic N) is 4. The first kappa shape index (κ1) is 26.7. The first-order valence-corrected chi connectivity index (χ1v) is 13.2. The van der Waals surface area contributed by atoms with E-state index in [9.17, 15) is 18.0 Å². The molecule has 210 valence electrons. The molecule has 1 aromatic heterocycles. The van der Waals surface area contributed by atoms with Gasteiger partial charge in [-0.1, -0.05) is 59.7 Å². The first-order chi connectivity index (χ1) is 19.8. The van der Waals surface area contributed by atoms with Crippen LogP contribution in [0.15, 0.2) is 82.2 Å². The van der Waals surface area contributed by atoms with Gasteiger partial charge in [0, 0.05) is 30.6 Å². The van der Waals surface area contributed by atoms with Crippen LogP contribution in [0.25, 0.3) is 11.5 Å². The highest BCUT2D eigenvalue weighted by molar-refractivity contribution is 6.16. The summed E-state index contributed by atoms with van der Waals surface area (Å²) in [5, 5.41) is 11.1. The number of alkyl halides is 3. The Balaban J connectivity index is 1.34. The van der Waals surface area contributed by atoms with E-state index in [0.717, 1.165) is 28.8 Å². The van der Waals surface area contributed by atoms with Crippen LogP contribution in [0.4, 0.5) is 24.9 Å². The molecule has 2 aliphatic heterocycles. The Morgan fingerprint density at radius 1 is 0.976 bits per heavy atom. The van der Waals surface area contributed by atoms with Crippen LogP contribution in [0.5, 0.6) is 0 Å². The molecule has 0 radical (unpaired) electrons. The maximum atomic E-state index is 13.6. The minimum absolute atomic E-state index is 0.0204. The highest BCUT2D eigenvalue weighted by Gasteiger charge is 2.33. The van der Waals surface area contributed by atoms with E-state index in [0.29, 0.717) is 36.7 Å². The maximum absolute atomic E-state index is 13.6. The van der Waals surface area contributed by atoms with Crippen molar-refractivity contribution < 1.29 is 27.1 Å². The number of ketones is 1. The molecule has 0 unspecified atom stereocenters. The maximum Gasteiger partial charge on any atom is 0.416 e. The quantitative estimate of drug-likeness (QED) is 0.350. The van der Waals surface area contributed by atoms with E-state index in [1.54, 1.807) is 0 Å². The van der Waals surface area contributed by atoms with E-state index in [-0.39, 0.29) is 30.2 Å². The van der Waals surface area contributed by atoms with Gasteiger partial charge in [0.1, 0.15) is 0 Å². The van der Waals surface area contributed by atoms with Gasteiger partial charge in [-0.3, -0.25) is 9.79 Å². The van der Waals surface area contributed by atoms with Crippen molar-refractivity contribution in [2.24, 2.45) is 4.99 Å². The molecule has 41 heavy (non-hydrogen) atoms. The third-order valence-electron chi connectivity index (χ3n) is 7.07. The van der Waals surface area contributed by atoms with E-state index in [2.05, 4.69) is 15.5 Å². The second kappa shape index (κ2) is 10.8. The van der Waals surface area contributed by atoms with Crippen molar-refractivity contribution in [3.8, 4) is 11.5 Å². The molecule has 1 saturated heterocycles. The van der Waals surface area contributed by atoms with E-state index in [1.165, 1.54) is 6.07 Å². The Morgan fingerprint density at radius 3 is 2.54 bits per heavy atom. The van der Waals surface area contributed by atoms with Gasteiger partial charge >= 0.3 is 12.2 Å². The van der Waals surface area contributed by atoms with Crippen molar-refractivity contribution in [3.05, 3.63) is 95.1 Å². The summed E-state index contributed by atoms with van der Waals surface area (Å²) in [6, 6.07) is 20.5. The van der Waals surface area contributed by atoms with Crippen LogP contribution in [0.2, 0.25) is 0 Å². The Morgan fingerprint density at radius 2 is 1.76 bits per heavy atom. The molecule has 1 fully saturated rings. The van der Waals surface area contributed by atoms with Crippen molar-refractivity contribution in [1.82, 2.24) is 10.2 Å². The second-order valence-electron chi connectivity index (χ2n) is 9.96. The number of anilines is 2. The van der Waals surface area contributed by atoms with Gasteiger partial charge in [-0.05, 0) is 30.7 Å². The van der Waals surface area contributed by atoms with E-state index in [1.807, 2.05) is 66.4 Å². The van der Waals surface area contributed by atoms with Gasteiger partial charge in [0.2, 0.25) is 0 Å². The number of aliphatic imine (C=N–C) groups is 1. The number of ether oxygens (including phenoxy) is 1. The molecule has 1 N–H and O–H groups in total. The number of hydrogen-bond acceptors (Lipinski definition) is 8. The van der Waals surface area contributed by atoms with Crippen LogP contribution in [0, 0.1) is 0 Å². The van der Waals surface area contributed by atoms with Gasteiger partial charge in [0.25, 0.3) is 5.89 Å². The van der Waals surface area contributed by atoms with Gasteiger partial charge in [-0.15, -0.1) is 5.10 Å². The summed E-state index contributed by atoms with van der Waals surface area (Å²) < 4.78 is 52.2. The van der Waals surface area contributed by atoms with Crippen LogP contribution in [0.3, 0.4) is 0 Å². The summed E-state index contributed by atoms with van der Waals surface area (Å²) in [5.74, 6) is -0.173. The molecular weight excluding hydrogens is 535 g/mol. The van der Waals surface area contributed by atoms with Gasteiger partial charge in [-0.25, -0.2) is 0 Å². The molecule has 3 heterocycles. The lowest BCUT2D eigenvalue weighted by atomic mass is 9.96. The molecule has 0 spiro atoms. The lowest BCUT2D eigenvalue weighted by molar-refractivity contribution is -0.137. The second-order valence-corrected chi connectivity index (χ2v) is 9.96. The van der Waals surface area contributed by atoms with Crippen LogP contribution in [-0.4, -0.2) is 53.7 Å². The van der Waals surface area contributed by atoms with Crippen LogP contribution in [-0.2, 0) is 22.1 Å². The monoisotopic (exact) mass is 561 g/mol. The summed E-state index contributed by atoms with van der Waals surface area (Å²) in [7, 11) is 0. The Labute approximate surface area is 233 Å². The van der Waals surface area contributed by atoms with Crippen molar-refractivity contribution in [3.63, 3.8) is 0 Å². The number of nitrogens with one attached hydrogen (secondary N) is 1. The standard InChI is InChI=1S/C30H26F3N5O3/c1-18-17-38(13-14-40-18)24-16-21(30(31,32)33)11-12-23(24)28-36-37-29(41-28)35-27-25(39)15-20-9-5-6-10-22(20)26(34-27)19-7-3-2-4-8-19/h2-12,16,18,27H,13-15,17H2,1H3,(H,35,37)/t18-,27+/m0/s1.